The van der Waals surface area contributed by atoms with Crippen molar-refractivity contribution in [2.45, 2.75) is 33.4 Å². The van der Waals surface area contributed by atoms with Crippen molar-refractivity contribution in [3.05, 3.63) is 71.7 Å². The molecule has 1 amide bonds. The third-order valence-corrected chi connectivity index (χ3v) is 4.40. The molecule has 0 fully saturated rings. The Bertz CT molecular complexity index is 899. The molecule has 0 aliphatic carbocycles. The van der Waals surface area contributed by atoms with Crippen LogP contribution in [0.2, 0.25) is 0 Å². The molecule has 1 aromatic carbocycles. The number of rotatable bonds is 5. The van der Waals surface area contributed by atoms with E-state index in [-0.39, 0.29) is 11.9 Å². The highest BCUT2D eigenvalue weighted by atomic mass is 16.2. The van der Waals surface area contributed by atoms with Gasteiger partial charge in [-0.05, 0) is 44.5 Å². The van der Waals surface area contributed by atoms with Gasteiger partial charge in [0.2, 0.25) is 0 Å². The lowest BCUT2D eigenvalue weighted by atomic mass is 10.0. The molecule has 0 aliphatic heterocycles. The molecule has 0 N–H and O–H groups in total. The third kappa shape index (κ3) is 3.67. The van der Waals surface area contributed by atoms with E-state index in [0.717, 1.165) is 22.5 Å². The Balaban J connectivity index is 1.95. The third-order valence-electron chi connectivity index (χ3n) is 4.40. The average Bonchev–Trinajstić information content (AvgIpc) is 2.98. The van der Waals surface area contributed by atoms with Crippen LogP contribution in [0.5, 0.6) is 0 Å². The molecule has 0 bridgehead atoms. The van der Waals surface area contributed by atoms with Gasteiger partial charge in [0, 0.05) is 31.4 Å². The highest BCUT2D eigenvalue weighted by Gasteiger charge is 2.23. The number of benzene rings is 1. The monoisotopic (exact) mass is 348 g/mol. The van der Waals surface area contributed by atoms with Gasteiger partial charge in [-0.2, -0.15) is 5.10 Å². The van der Waals surface area contributed by atoms with E-state index in [9.17, 15) is 4.79 Å². The second-order valence-electron chi connectivity index (χ2n) is 6.69. The Morgan fingerprint density at radius 2 is 1.88 bits per heavy atom. The Morgan fingerprint density at radius 3 is 2.50 bits per heavy atom. The number of aromatic nitrogens is 3. The van der Waals surface area contributed by atoms with Gasteiger partial charge in [0.15, 0.2) is 0 Å². The molecule has 5 heteroatoms. The average molecular weight is 348 g/mol. The predicted octanol–water partition coefficient (Wildman–Crippen LogP) is 3.84. The summed E-state index contributed by atoms with van der Waals surface area (Å²) in [5.74, 6) is -0.0149. The molecule has 0 aliphatic rings. The van der Waals surface area contributed by atoms with Crippen LogP contribution in [0.4, 0.5) is 0 Å². The van der Waals surface area contributed by atoms with E-state index in [1.54, 1.807) is 17.9 Å². The van der Waals surface area contributed by atoms with E-state index in [0.29, 0.717) is 12.2 Å². The van der Waals surface area contributed by atoms with E-state index in [2.05, 4.69) is 22.2 Å². The minimum Gasteiger partial charge on any atom is -0.331 e. The van der Waals surface area contributed by atoms with Crippen molar-refractivity contribution in [2.24, 2.45) is 7.05 Å². The number of carbonyl (C=O) groups is 1. The summed E-state index contributed by atoms with van der Waals surface area (Å²) >= 11 is 0. The van der Waals surface area contributed by atoms with E-state index >= 15 is 0 Å². The summed E-state index contributed by atoms with van der Waals surface area (Å²) in [5, 5.41) is 4.31. The fraction of sp³-hybridized carbons (Fsp3) is 0.286. The van der Waals surface area contributed by atoms with Crippen LogP contribution in [-0.2, 0) is 13.6 Å². The van der Waals surface area contributed by atoms with Crippen LogP contribution >= 0.6 is 0 Å². The zero-order chi connectivity index (χ0) is 18.7. The number of carbonyl (C=O) groups excluding carboxylic acids is 1. The van der Waals surface area contributed by atoms with Gasteiger partial charge in [-0.15, -0.1) is 0 Å². The normalized spacial score (nSPS) is 11.0. The highest BCUT2D eigenvalue weighted by molar-refractivity contribution is 5.93. The minimum atomic E-state index is -0.0149. The Labute approximate surface area is 154 Å². The molecule has 2 aromatic heterocycles. The summed E-state index contributed by atoms with van der Waals surface area (Å²) in [7, 11) is 1.81. The molecule has 0 saturated heterocycles. The molecule has 0 saturated carbocycles. The summed E-state index contributed by atoms with van der Waals surface area (Å²) < 4.78 is 1.65. The molecular formula is C21H24N4O. The topological polar surface area (TPSA) is 51.0 Å². The Morgan fingerprint density at radius 1 is 1.15 bits per heavy atom. The maximum absolute atomic E-state index is 13.1. The zero-order valence-corrected chi connectivity index (χ0v) is 15.7. The first-order chi connectivity index (χ1) is 12.5. The van der Waals surface area contributed by atoms with Crippen molar-refractivity contribution in [1.29, 1.82) is 0 Å². The number of hydrogen-bond donors (Lipinski definition) is 0. The Hall–Kier alpha value is -2.95. The minimum absolute atomic E-state index is 0.0149. The maximum Gasteiger partial charge on any atom is 0.272 e. The van der Waals surface area contributed by atoms with Crippen molar-refractivity contribution < 1.29 is 4.79 Å². The smallest absolute Gasteiger partial charge is 0.272 e. The van der Waals surface area contributed by atoms with E-state index in [1.807, 2.05) is 62.1 Å². The lowest BCUT2D eigenvalue weighted by Gasteiger charge is -2.27. The quantitative estimate of drug-likeness (QED) is 0.704. The van der Waals surface area contributed by atoms with Crippen molar-refractivity contribution in [3.63, 3.8) is 0 Å². The summed E-state index contributed by atoms with van der Waals surface area (Å²) in [6.07, 6.45) is 1.79. The van der Waals surface area contributed by atoms with Gasteiger partial charge in [0.05, 0.1) is 11.4 Å². The van der Waals surface area contributed by atoms with Crippen molar-refractivity contribution >= 4 is 5.91 Å². The molecular weight excluding hydrogens is 324 g/mol. The molecule has 3 aromatic rings. The largest absolute Gasteiger partial charge is 0.331 e. The first-order valence-electron chi connectivity index (χ1n) is 8.78. The van der Waals surface area contributed by atoms with E-state index < -0.39 is 0 Å². The second kappa shape index (κ2) is 7.52. The van der Waals surface area contributed by atoms with Crippen LogP contribution in [0.3, 0.4) is 0 Å². The van der Waals surface area contributed by atoms with E-state index in [4.69, 9.17) is 0 Å². The predicted molar refractivity (Wildman–Crippen MR) is 103 cm³/mol. The van der Waals surface area contributed by atoms with Crippen molar-refractivity contribution in [2.75, 3.05) is 0 Å². The van der Waals surface area contributed by atoms with Gasteiger partial charge in [-0.25, -0.2) is 0 Å². The Kier molecular flexibility index (Phi) is 5.16. The number of pyridine rings is 1. The molecule has 26 heavy (non-hydrogen) atoms. The summed E-state index contributed by atoms with van der Waals surface area (Å²) in [6, 6.07) is 15.9. The van der Waals surface area contributed by atoms with Gasteiger partial charge in [-0.3, -0.25) is 14.5 Å². The number of nitrogens with zero attached hydrogens (tertiary/aromatic N) is 4. The van der Waals surface area contributed by atoms with E-state index in [1.165, 1.54) is 0 Å². The first-order valence-corrected chi connectivity index (χ1v) is 8.78. The molecule has 3 rings (SSSR count). The summed E-state index contributed by atoms with van der Waals surface area (Å²) in [4.78, 5) is 19.5. The van der Waals surface area contributed by atoms with Gasteiger partial charge in [0.25, 0.3) is 5.91 Å². The number of aryl methyl sites for hydroxylation is 2. The van der Waals surface area contributed by atoms with Crippen LogP contribution < -0.4 is 0 Å². The fourth-order valence-electron chi connectivity index (χ4n) is 3.06. The maximum atomic E-state index is 13.1. The van der Waals surface area contributed by atoms with Gasteiger partial charge in [0.1, 0.15) is 5.69 Å². The van der Waals surface area contributed by atoms with Gasteiger partial charge >= 0.3 is 0 Å². The van der Waals surface area contributed by atoms with Crippen molar-refractivity contribution in [1.82, 2.24) is 19.7 Å². The number of amides is 1. The summed E-state index contributed by atoms with van der Waals surface area (Å²) in [6.45, 7) is 6.48. The molecule has 134 valence electrons. The van der Waals surface area contributed by atoms with Crippen LogP contribution in [0, 0.1) is 6.92 Å². The molecule has 5 nitrogen and oxygen atoms in total. The highest BCUT2D eigenvalue weighted by Crippen LogP contribution is 2.24. The standard InChI is InChI=1S/C21H24N4O/c1-15(2)25(21(26)20-13-16(3)23-24(20)4)14-17-9-5-6-10-18(17)19-11-7-8-12-22-19/h5-13,15H,14H2,1-4H3. The molecule has 0 radical (unpaired) electrons. The van der Waals surface area contributed by atoms with Crippen LogP contribution in [0.1, 0.15) is 35.6 Å². The van der Waals surface area contributed by atoms with Gasteiger partial charge in [-0.1, -0.05) is 30.3 Å². The molecule has 0 unspecified atom stereocenters. The lowest BCUT2D eigenvalue weighted by molar-refractivity contribution is 0.0679. The van der Waals surface area contributed by atoms with Crippen LogP contribution in [0.25, 0.3) is 11.3 Å². The van der Waals surface area contributed by atoms with Crippen molar-refractivity contribution in [3.8, 4) is 11.3 Å². The lowest BCUT2D eigenvalue weighted by Crippen LogP contribution is -2.37. The molecule has 0 atom stereocenters. The second-order valence-corrected chi connectivity index (χ2v) is 6.69. The van der Waals surface area contributed by atoms with Crippen LogP contribution in [0.15, 0.2) is 54.7 Å². The van der Waals surface area contributed by atoms with Crippen LogP contribution in [-0.4, -0.2) is 31.6 Å². The molecule has 0 spiro atoms. The zero-order valence-electron chi connectivity index (χ0n) is 15.7. The molecule has 2 heterocycles. The number of hydrogen-bond acceptors (Lipinski definition) is 3. The fourth-order valence-corrected chi connectivity index (χ4v) is 3.06. The summed E-state index contributed by atoms with van der Waals surface area (Å²) in [5.41, 5.74) is 4.48. The first kappa shape index (κ1) is 17.9. The van der Waals surface area contributed by atoms with Gasteiger partial charge < -0.3 is 4.90 Å². The SMILES string of the molecule is Cc1cc(C(=O)N(Cc2ccccc2-c2ccccn2)C(C)C)n(C)n1.